The molecule has 0 aromatic carbocycles. The number of carboxylic acids is 1. The molecule has 2 fully saturated rings. The van der Waals surface area contributed by atoms with Crippen LogP contribution in [0.25, 0.3) is 0 Å². The lowest BCUT2D eigenvalue weighted by atomic mass is 9.79. The minimum atomic E-state index is -0.763. The van der Waals surface area contributed by atoms with Gasteiger partial charge in [0, 0.05) is 19.0 Å². The van der Waals surface area contributed by atoms with Crippen molar-refractivity contribution in [2.45, 2.75) is 70.8 Å². The number of carbonyl (C=O) groups excluding carboxylic acids is 1. The van der Waals surface area contributed by atoms with Gasteiger partial charge in [-0.3, -0.25) is 9.59 Å². The molecule has 0 spiro atoms. The fourth-order valence-corrected chi connectivity index (χ4v) is 3.75. The number of hydrogen-bond acceptors (Lipinski definition) is 2. The second kappa shape index (κ2) is 5.93. The van der Waals surface area contributed by atoms with Crippen molar-refractivity contribution in [3.8, 4) is 0 Å². The molecule has 1 aliphatic heterocycles. The van der Waals surface area contributed by atoms with Crippen molar-refractivity contribution in [1.29, 1.82) is 0 Å². The molecule has 1 saturated heterocycles. The number of likely N-dealkylation sites (tertiary alicyclic amines) is 1. The van der Waals surface area contributed by atoms with Crippen molar-refractivity contribution < 1.29 is 14.7 Å². The Morgan fingerprint density at radius 1 is 1.16 bits per heavy atom. The molecule has 1 N–H and O–H groups in total. The Labute approximate surface area is 115 Å². The molecule has 108 valence electrons. The summed E-state index contributed by atoms with van der Waals surface area (Å²) in [6.45, 7) is 2.96. The van der Waals surface area contributed by atoms with E-state index in [2.05, 4.69) is 6.92 Å². The van der Waals surface area contributed by atoms with Crippen LogP contribution in [-0.2, 0) is 9.59 Å². The summed E-state index contributed by atoms with van der Waals surface area (Å²) in [5.74, 6) is -0.586. The zero-order valence-electron chi connectivity index (χ0n) is 11.9. The van der Waals surface area contributed by atoms with Crippen LogP contribution in [0.2, 0.25) is 0 Å². The lowest BCUT2D eigenvalue weighted by Gasteiger charge is -2.36. The molecule has 1 amide bonds. The minimum absolute atomic E-state index is 0.154. The maximum absolute atomic E-state index is 12.5. The van der Waals surface area contributed by atoms with E-state index in [1.54, 1.807) is 0 Å². The number of carbonyl (C=O) groups is 2. The zero-order chi connectivity index (χ0) is 13.9. The van der Waals surface area contributed by atoms with E-state index in [1.807, 2.05) is 4.90 Å². The van der Waals surface area contributed by atoms with Gasteiger partial charge in [0.15, 0.2) is 0 Å². The molecule has 2 rings (SSSR count). The van der Waals surface area contributed by atoms with E-state index in [4.69, 9.17) is 5.11 Å². The first-order chi connectivity index (χ1) is 9.02. The Morgan fingerprint density at radius 2 is 1.84 bits per heavy atom. The first-order valence-corrected chi connectivity index (χ1v) is 7.54. The first-order valence-electron chi connectivity index (χ1n) is 7.54. The lowest BCUT2D eigenvalue weighted by molar-refractivity contribution is -0.142. The highest BCUT2D eigenvalue weighted by atomic mass is 16.4. The van der Waals surface area contributed by atoms with Gasteiger partial charge in [-0.2, -0.15) is 0 Å². The van der Waals surface area contributed by atoms with Crippen LogP contribution in [0.5, 0.6) is 0 Å². The van der Waals surface area contributed by atoms with Crippen LogP contribution in [-0.4, -0.2) is 34.5 Å². The van der Waals surface area contributed by atoms with Gasteiger partial charge in [-0.15, -0.1) is 0 Å². The predicted octanol–water partition coefficient (Wildman–Crippen LogP) is 2.81. The number of rotatable bonds is 4. The van der Waals surface area contributed by atoms with Crippen LogP contribution in [0.15, 0.2) is 0 Å². The molecule has 0 radical (unpaired) electrons. The van der Waals surface area contributed by atoms with Gasteiger partial charge in [-0.05, 0) is 44.4 Å². The molecule has 4 heteroatoms. The van der Waals surface area contributed by atoms with Gasteiger partial charge in [0.05, 0.1) is 6.42 Å². The minimum Gasteiger partial charge on any atom is -0.481 e. The van der Waals surface area contributed by atoms with Gasteiger partial charge >= 0.3 is 5.97 Å². The molecule has 4 nitrogen and oxygen atoms in total. The van der Waals surface area contributed by atoms with Gasteiger partial charge in [0.1, 0.15) is 0 Å². The summed E-state index contributed by atoms with van der Waals surface area (Å²) in [6.07, 6.45) is 7.88. The summed E-state index contributed by atoms with van der Waals surface area (Å²) < 4.78 is 0. The standard InChI is InChI=1S/C15H25NO3/c1-12-6-2-5-9-16(12)13(17)10-15(11-14(18)19)7-3-4-8-15/h12H,2-11H2,1H3,(H,18,19). The van der Waals surface area contributed by atoms with E-state index in [-0.39, 0.29) is 17.7 Å². The summed E-state index contributed by atoms with van der Waals surface area (Å²) in [7, 11) is 0. The average Bonchev–Trinajstić information content (AvgIpc) is 2.76. The van der Waals surface area contributed by atoms with Crippen LogP contribution >= 0.6 is 0 Å². The molecule has 0 aromatic rings. The Morgan fingerprint density at radius 3 is 2.42 bits per heavy atom. The number of amides is 1. The highest BCUT2D eigenvalue weighted by Gasteiger charge is 2.39. The summed E-state index contributed by atoms with van der Waals surface area (Å²) in [4.78, 5) is 25.5. The van der Waals surface area contributed by atoms with E-state index < -0.39 is 5.97 Å². The van der Waals surface area contributed by atoms with Crippen molar-refractivity contribution in [1.82, 2.24) is 4.90 Å². The van der Waals surface area contributed by atoms with Crippen LogP contribution in [0.3, 0.4) is 0 Å². The fourth-order valence-electron chi connectivity index (χ4n) is 3.75. The van der Waals surface area contributed by atoms with Gasteiger partial charge in [-0.1, -0.05) is 12.8 Å². The number of aliphatic carboxylic acids is 1. The Hall–Kier alpha value is -1.06. The SMILES string of the molecule is CC1CCCCN1C(=O)CC1(CC(=O)O)CCCC1. The van der Waals surface area contributed by atoms with E-state index in [0.29, 0.717) is 12.5 Å². The van der Waals surface area contributed by atoms with Crippen molar-refractivity contribution in [3.63, 3.8) is 0 Å². The van der Waals surface area contributed by atoms with E-state index in [0.717, 1.165) is 45.1 Å². The van der Waals surface area contributed by atoms with Crippen molar-refractivity contribution >= 4 is 11.9 Å². The highest BCUT2D eigenvalue weighted by molar-refractivity contribution is 5.78. The van der Waals surface area contributed by atoms with Crippen molar-refractivity contribution in [2.24, 2.45) is 5.41 Å². The molecule has 0 aromatic heterocycles. The second-order valence-corrected chi connectivity index (χ2v) is 6.39. The monoisotopic (exact) mass is 267 g/mol. The maximum atomic E-state index is 12.5. The second-order valence-electron chi connectivity index (χ2n) is 6.39. The average molecular weight is 267 g/mol. The third kappa shape index (κ3) is 3.48. The summed E-state index contributed by atoms with van der Waals surface area (Å²) in [6, 6.07) is 0.324. The predicted molar refractivity (Wildman–Crippen MR) is 72.8 cm³/mol. The molecular weight excluding hydrogens is 242 g/mol. The third-order valence-electron chi connectivity index (χ3n) is 4.84. The maximum Gasteiger partial charge on any atom is 0.303 e. The van der Waals surface area contributed by atoms with Crippen molar-refractivity contribution in [2.75, 3.05) is 6.54 Å². The largest absolute Gasteiger partial charge is 0.481 e. The summed E-state index contributed by atoms with van der Waals surface area (Å²) in [5, 5.41) is 9.09. The van der Waals surface area contributed by atoms with Crippen LogP contribution in [0.4, 0.5) is 0 Å². The molecule has 1 heterocycles. The highest BCUT2D eigenvalue weighted by Crippen LogP contribution is 2.44. The summed E-state index contributed by atoms with van der Waals surface area (Å²) in [5.41, 5.74) is -0.264. The topological polar surface area (TPSA) is 57.6 Å². The smallest absolute Gasteiger partial charge is 0.303 e. The van der Waals surface area contributed by atoms with Gasteiger partial charge in [0.25, 0.3) is 0 Å². The van der Waals surface area contributed by atoms with Crippen LogP contribution in [0, 0.1) is 5.41 Å². The Kier molecular flexibility index (Phi) is 4.48. The van der Waals surface area contributed by atoms with Crippen LogP contribution < -0.4 is 0 Å². The molecular formula is C15H25NO3. The normalized spacial score (nSPS) is 26.4. The van der Waals surface area contributed by atoms with Gasteiger partial charge in [-0.25, -0.2) is 0 Å². The quantitative estimate of drug-likeness (QED) is 0.852. The van der Waals surface area contributed by atoms with E-state index in [1.165, 1.54) is 6.42 Å². The first kappa shape index (κ1) is 14.4. The third-order valence-corrected chi connectivity index (χ3v) is 4.84. The lowest BCUT2D eigenvalue weighted by Crippen LogP contribution is -2.44. The number of piperidine rings is 1. The molecule has 1 aliphatic carbocycles. The number of hydrogen-bond donors (Lipinski definition) is 1. The number of carboxylic acid groups (broad SMARTS) is 1. The molecule has 1 atom stereocenters. The molecule has 19 heavy (non-hydrogen) atoms. The fraction of sp³-hybridized carbons (Fsp3) is 0.867. The summed E-state index contributed by atoms with van der Waals surface area (Å²) >= 11 is 0. The Balaban J connectivity index is 2.00. The Bertz CT molecular complexity index is 347. The molecule has 1 saturated carbocycles. The van der Waals surface area contributed by atoms with Crippen LogP contribution in [0.1, 0.15) is 64.7 Å². The van der Waals surface area contributed by atoms with Gasteiger partial charge in [0.2, 0.25) is 5.91 Å². The molecule has 2 aliphatic rings. The van der Waals surface area contributed by atoms with Gasteiger partial charge < -0.3 is 10.0 Å². The van der Waals surface area contributed by atoms with E-state index >= 15 is 0 Å². The molecule has 1 unspecified atom stereocenters. The van der Waals surface area contributed by atoms with E-state index in [9.17, 15) is 9.59 Å². The number of nitrogens with zero attached hydrogens (tertiary/aromatic N) is 1. The van der Waals surface area contributed by atoms with Crippen molar-refractivity contribution in [3.05, 3.63) is 0 Å². The molecule has 0 bridgehead atoms. The zero-order valence-corrected chi connectivity index (χ0v) is 11.9.